The number of likely N-dealkylation sites (tertiary alicyclic amines) is 1. The van der Waals surface area contributed by atoms with Crippen molar-refractivity contribution in [3.63, 3.8) is 0 Å². The van der Waals surface area contributed by atoms with Gasteiger partial charge in [0.15, 0.2) is 0 Å². The first kappa shape index (κ1) is 23.4. The number of hydrogen-bond donors (Lipinski definition) is 1. The summed E-state index contributed by atoms with van der Waals surface area (Å²) in [6, 6.07) is 8.30. The van der Waals surface area contributed by atoms with Gasteiger partial charge in [-0.15, -0.1) is 0 Å². The van der Waals surface area contributed by atoms with Crippen molar-refractivity contribution in [3.05, 3.63) is 58.9 Å². The van der Waals surface area contributed by atoms with Crippen molar-refractivity contribution in [1.82, 2.24) is 15.2 Å². The van der Waals surface area contributed by atoms with E-state index < -0.39 is 43.3 Å². The minimum atomic E-state index is -3.10. The number of carbonyl (C=O) groups excluding carboxylic acids is 2. The summed E-state index contributed by atoms with van der Waals surface area (Å²) in [5.41, 5.74) is 4.37. The van der Waals surface area contributed by atoms with Crippen molar-refractivity contribution >= 4 is 29.7 Å². The summed E-state index contributed by atoms with van der Waals surface area (Å²) in [7, 11) is 2.08. The van der Waals surface area contributed by atoms with Gasteiger partial charge in [-0.3, -0.25) is 14.6 Å². The van der Waals surface area contributed by atoms with Crippen molar-refractivity contribution in [2.75, 3.05) is 31.6 Å². The zero-order chi connectivity index (χ0) is 24.3. The van der Waals surface area contributed by atoms with E-state index in [0.29, 0.717) is 11.1 Å². The number of carbonyl (C=O) groups is 2. The highest BCUT2D eigenvalue weighted by atomic mass is 19.3. The second-order valence-electron chi connectivity index (χ2n) is 8.62. The summed E-state index contributed by atoms with van der Waals surface area (Å²) in [5.74, 6) is -4.35. The van der Waals surface area contributed by atoms with Crippen LogP contribution in [0.1, 0.15) is 39.9 Å². The van der Waals surface area contributed by atoms with Crippen molar-refractivity contribution in [2.24, 2.45) is 0 Å². The highest BCUT2D eigenvalue weighted by Gasteiger charge is 2.47. The van der Waals surface area contributed by atoms with Gasteiger partial charge in [-0.25, -0.2) is 8.78 Å². The lowest BCUT2D eigenvalue weighted by Crippen LogP contribution is -2.43. The van der Waals surface area contributed by atoms with Gasteiger partial charge in [0.1, 0.15) is 6.04 Å². The lowest BCUT2D eigenvalue weighted by atomic mass is 9.99. The number of halogens is 2. The Kier molecular flexibility index (Phi) is 6.59. The van der Waals surface area contributed by atoms with Crippen LogP contribution in [0, 0.1) is 11.3 Å². The molecular formula is C25H25F2N5O2. The number of nitrogens with one attached hydrogen (secondary N) is 1. The van der Waals surface area contributed by atoms with Crippen molar-refractivity contribution < 1.29 is 18.4 Å². The molecule has 2 amide bonds. The molecule has 2 aliphatic rings. The van der Waals surface area contributed by atoms with E-state index in [1.807, 2.05) is 12.1 Å². The molecule has 0 spiro atoms. The molecule has 4 rings (SSSR count). The number of rotatable bonds is 5. The Bertz CT molecular complexity index is 1170. The molecule has 1 saturated heterocycles. The molecule has 1 aromatic heterocycles. The summed E-state index contributed by atoms with van der Waals surface area (Å²) < 4.78 is 27.2. The fourth-order valence-corrected chi connectivity index (χ4v) is 4.39. The summed E-state index contributed by atoms with van der Waals surface area (Å²) in [4.78, 5) is 32.3. The molecule has 0 radical (unpaired) electrons. The summed E-state index contributed by atoms with van der Waals surface area (Å²) in [5, 5.41) is 11.5. The first-order chi connectivity index (χ1) is 16.3. The van der Waals surface area contributed by atoms with Gasteiger partial charge in [-0.1, -0.05) is 18.2 Å². The van der Waals surface area contributed by atoms with Gasteiger partial charge in [0.05, 0.1) is 19.2 Å². The van der Waals surface area contributed by atoms with E-state index in [4.69, 9.17) is 5.26 Å². The Balaban J connectivity index is 1.44. The maximum absolute atomic E-state index is 13.6. The highest BCUT2D eigenvalue weighted by molar-refractivity contribution is 6.00. The molecule has 3 heterocycles. The van der Waals surface area contributed by atoms with Crippen LogP contribution in [-0.2, 0) is 11.2 Å². The first-order valence-electron chi connectivity index (χ1n) is 11.1. The average molecular weight is 466 g/mol. The van der Waals surface area contributed by atoms with Crippen LogP contribution in [0.4, 0.5) is 14.5 Å². The fourth-order valence-electron chi connectivity index (χ4n) is 4.39. The van der Waals surface area contributed by atoms with Gasteiger partial charge < -0.3 is 15.1 Å². The van der Waals surface area contributed by atoms with Gasteiger partial charge in [0.25, 0.3) is 11.8 Å². The number of amides is 2. The minimum Gasteiger partial charge on any atom is -0.374 e. The van der Waals surface area contributed by atoms with Gasteiger partial charge in [0, 0.05) is 49.2 Å². The van der Waals surface area contributed by atoms with Crippen LogP contribution in [0.2, 0.25) is 0 Å². The minimum absolute atomic E-state index is 0.306. The van der Waals surface area contributed by atoms with Gasteiger partial charge >= 0.3 is 0 Å². The molecule has 9 heteroatoms. The number of pyridine rings is 1. The molecule has 34 heavy (non-hydrogen) atoms. The zero-order valence-electron chi connectivity index (χ0n) is 18.8. The Morgan fingerprint density at radius 1 is 1.32 bits per heavy atom. The molecule has 0 bridgehead atoms. The highest BCUT2D eigenvalue weighted by Crippen LogP contribution is 2.31. The van der Waals surface area contributed by atoms with E-state index in [9.17, 15) is 18.4 Å². The number of nitriles is 1. The second kappa shape index (κ2) is 9.59. The van der Waals surface area contributed by atoms with Crippen LogP contribution in [0.3, 0.4) is 0 Å². The zero-order valence-corrected chi connectivity index (χ0v) is 18.8. The Morgan fingerprint density at radius 2 is 2.15 bits per heavy atom. The van der Waals surface area contributed by atoms with E-state index >= 15 is 0 Å². The van der Waals surface area contributed by atoms with E-state index in [2.05, 4.69) is 34.4 Å². The molecule has 2 aromatic rings. The largest absolute Gasteiger partial charge is 0.374 e. The maximum atomic E-state index is 13.6. The normalized spacial score (nSPS) is 19.1. The topological polar surface area (TPSA) is 89.3 Å². The van der Waals surface area contributed by atoms with Crippen molar-refractivity contribution in [3.8, 4) is 6.07 Å². The van der Waals surface area contributed by atoms with E-state index in [-0.39, 0.29) is 0 Å². The quantitative estimate of drug-likeness (QED) is 0.733. The van der Waals surface area contributed by atoms with Crippen LogP contribution in [-0.4, -0.2) is 60.3 Å². The Labute approximate surface area is 196 Å². The van der Waals surface area contributed by atoms with Crippen LogP contribution >= 0.6 is 0 Å². The number of nitrogens with zero attached hydrogens (tertiary/aromatic N) is 4. The number of hydrogen-bond acceptors (Lipinski definition) is 5. The summed E-state index contributed by atoms with van der Waals surface area (Å²) in [6.07, 6.45) is 8.13. The molecule has 7 nitrogen and oxygen atoms in total. The number of aromatic nitrogens is 1. The molecule has 1 atom stereocenters. The molecule has 0 saturated carbocycles. The molecule has 2 aliphatic heterocycles. The van der Waals surface area contributed by atoms with Gasteiger partial charge in [-0.05, 0) is 42.2 Å². The molecular weight excluding hydrogens is 440 g/mol. The monoisotopic (exact) mass is 465 g/mol. The standard InChI is InChI=1S/C25H25F2N5O2/c1-31-10-2-3-18-11-17(5-7-22(18)31)4-6-19-14-29-9-8-21(19)24(34)30-15-23(33)32-16-25(26,27)12-20(32)13-28/h4-9,11,14,20H,2-3,10,12,15-16H2,1H3,(H,30,34)/b6-4+/t20-/m0/s1. The van der Waals surface area contributed by atoms with Crippen LogP contribution in [0.25, 0.3) is 12.2 Å². The Morgan fingerprint density at radius 3 is 2.94 bits per heavy atom. The van der Waals surface area contributed by atoms with E-state index in [1.165, 1.54) is 23.5 Å². The number of fused-ring (bicyclic) bond motifs is 1. The van der Waals surface area contributed by atoms with Crippen LogP contribution < -0.4 is 10.2 Å². The SMILES string of the molecule is CN1CCCc2cc(/C=C/c3cnccc3C(=O)NCC(=O)N3CC(F)(F)C[C@H]3C#N)ccc21. The molecule has 176 valence electrons. The molecule has 1 aromatic carbocycles. The van der Waals surface area contributed by atoms with Gasteiger partial charge in [0.2, 0.25) is 5.91 Å². The average Bonchev–Trinajstić information content (AvgIpc) is 3.16. The smallest absolute Gasteiger partial charge is 0.268 e. The predicted octanol–water partition coefficient (Wildman–Crippen LogP) is 3.12. The third-order valence-corrected chi connectivity index (χ3v) is 6.15. The van der Waals surface area contributed by atoms with E-state index in [1.54, 1.807) is 18.3 Å². The van der Waals surface area contributed by atoms with E-state index in [0.717, 1.165) is 29.8 Å². The Hall–Kier alpha value is -3.80. The number of anilines is 1. The first-order valence-corrected chi connectivity index (χ1v) is 11.1. The summed E-state index contributed by atoms with van der Waals surface area (Å²) in [6.45, 7) is -0.257. The van der Waals surface area contributed by atoms with Crippen molar-refractivity contribution in [2.45, 2.75) is 31.2 Å². The lowest BCUT2D eigenvalue weighted by molar-refractivity contribution is -0.131. The fraction of sp³-hybridized carbons (Fsp3) is 0.360. The third kappa shape index (κ3) is 5.06. The van der Waals surface area contributed by atoms with Gasteiger partial charge in [-0.2, -0.15) is 5.26 Å². The van der Waals surface area contributed by atoms with Crippen LogP contribution in [0.5, 0.6) is 0 Å². The maximum Gasteiger partial charge on any atom is 0.268 e. The predicted molar refractivity (Wildman–Crippen MR) is 124 cm³/mol. The molecule has 1 N–H and O–H groups in total. The number of benzene rings is 1. The van der Waals surface area contributed by atoms with Crippen molar-refractivity contribution in [1.29, 1.82) is 5.26 Å². The number of aryl methyl sites for hydroxylation is 1. The third-order valence-electron chi connectivity index (χ3n) is 6.15. The molecule has 0 aliphatic carbocycles. The van der Waals surface area contributed by atoms with Crippen LogP contribution in [0.15, 0.2) is 36.7 Å². The second-order valence-corrected chi connectivity index (χ2v) is 8.62. The molecule has 1 fully saturated rings. The lowest BCUT2D eigenvalue weighted by Gasteiger charge is -2.27. The molecule has 0 unspecified atom stereocenters. The summed E-state index contributed by atoms with van der Waals surface area (Å²) >= 11 is 0. The number of alkyl halides is 2.